The van der Waals surface area contributed by atoms with Gasteiger partial charge in [-0.3, -0.25) is 9.69 Å². The van der Waals surface area contributed by atoms with Gasteiger partial charge in [0, 0.05) is 0 Å². The van der Waals surface area contributed by atoms with Crippen LogP contribution in [0.2, 0.25) is 0 Å². The van der Waals surface area contributed by atoms with Crippen LogP contribution in [0.3, 0.4) is 0 Å². The number of urea groups is 1. The summed E-state index contributed by atoms with van der Waals surface area (Å²) in [6.45, 7) is 0.448. The Kier molecular flexibility index (Phi) is 4.94. The van der Waals surface area contributed by atoms with Crippen LogP contribution in [0.1, 0.15) is 30.4 Å². The Morgan fingerprint density at radius 2 is 1.79 bits per heavy atom. The molecule has 6 nitrogen and oxygen atoms in total. The number of imide groups is 1. The molecule has 0 aromatic heterocycles. The van der Waals surface area contributed by atoms with Gasteiger partial charge in [0.05, 0.1) is 13.7 Å². The van der Waals surface area contributed by atoms with Crippen molar-refractivity contribution in [2.45, 2.75) is 31.2 Å². The van der Waals surface area contributed by atoms with Crippen LogP contribution < -0.4 is 14.8 Å². The third-order valence-electron chi connectivity index (χ3n) is 5.54. The molecule has 28 heavy (non-hydrogen) atoms. The van der Waals surface area contributed by atoms with Crippen LogP contribution >= 0.6 is 0 Å². The van der Waals surface area contributed by atoms with E-state index in [1.807, 2.05) is 18.2 Å². The third-order valence-corrected chi connectivity index (χ3v) is 5.54. The second-order valence-corrected chi connectivity index (χ2v) is 7.18. The highest BCUT2D eigenvalue weighted by Gasteiger charge is 2.53. The first-order valence-electron chi connectivity index (χ1n) is 9.63. The molecule has 1 aliphatic heterocycles. The van der Waals surface area contributed by atoms with E-state index >= 15 is 0 Å². The lowest BCUT2D eigenvalue weighted by atomic mass is 9.84. The van der Waals surface area contributed by atoms with Crippen molar-refractivity contribution >= 4 is 11.9 Å². The Hall–Kier alpha value is -3.02. The Balaban J connectivity index is 1.48. The summed E-state index contributed by atoms with van der Waals surface area (Å²) in [5.74, 6) is 1.24. The summed E-state index contributed by atoms with van der Waals surface area (Å²) < 4.78 is 10.8. The second kappa shape index (κ2) is 7.54. The van der Waals surface area contributed by atoms with Crippen LogP contribution in [0.4, 0.5) is 4.79 Å². The van der Waals surface area contributed by atoms with E-state index in [1.165, 1.54) is 4.90 Å². The number of ether oxygens (including phenoxy) is 2. The van der Waals surface area contributed by atoms with E-state index < -0.39 is 5.54 Å². The lowest BCUT2D eigenvalue weighted by molar-refractivity contribution is -0.132. The molecule has 1 heterocycles. The Bertz CT molecular complexity index is 880. The van der Waals surface area contributed by atoms with Crippen LogP contribution in [-0.2, 0) is 16.8 Å². The van der Waals surface area contributed by atoms with Gasteiger partial charge < -0.3 is 14.8 Å². The number of carbonyl (C=O) groups is 2. The number of rotatable bonds is 5. The molecule has 3 amide bonds. The van der Waals surface area contributed by atoms with Gasteiger partial charge in [-0.05, 0) is 61.1 Å². The van der Waals surface area contributed by atoms with E-state index in [1.54, 1.807) is 31.4 Å². The summed E-state index contributed by atoms with van der Waals surface area (Å²) in [6, 6.07) is 14.8. The van der Waals surface area contributed by atoms with Crippen LogP contribution in [0.15, 0.2) is 48.5 Å². The van der Waals surface area contributed by atoms with E-state index in [0.29, 0.717) is 12.2 Å². The minimum Gasteiger partial charge on any atom is -0.497 e. The Morgan fingerprint density at radius 1 is 1.04 bits per heavy atom. The van der Waals surface area contributed by atoms with E-state index in [-0.39, 0.29) is 25.1 Å². The largest absolute Gasteiger partial charge is 0.497 e. The van der Waals surface area contributed by atoms with Gasteiger partial charge in [-0.25, -0.2) is 4.79 Å². The molecule has 1 fully saturated rings. The normalized spacial score (nSPS) is 21.2. The minimum absolute atomic E-state index is 0.176. The van der Waals surface area contributed by atoms with E-state index in [0.717, 1.165) is 36.1 Å². The summed E-state index contributed by atoms with van der Waals surface area (Å²) in [4.78, 5) is 27.2. The first-order chi connectivity index (χ1) is 13.6. The zero-order valence-electron chi connectivity index (χ0n) is 15.9. The molecule has 2 aromatic carbocycles. The predicted molar refractivity (Wildman–Crippen MR) is 104 cm³/mol. The highest BCUT2D eigenvalue weighted by Crippen LogP contribution is 2.38. The molecule has 1 aliphatic carbocycles. The number of carbonyl (C=O) groups excluding carboxylic acids is 2. The fourth-order valence-electron chi connectivity index (χ4n) is 4.10. The monoisotopic (exact) mass is 380 g/mol. The quantitative estimate of drug-likeness (QED) is 0.809. The highest BCUT2D eigenvalue weighted by molar-refractivity contribution is 6.07. The molecule has 4 rings (SSSR count). The summed E-state index contributed by atoms with van der Waals surface area (Å²) >= 11 is 0. The number of aryl methyl sites for hydroxylation is 1. The fraction of sp³-hybridized carbons (Fsp3) is 0.364. The van der Waals surface area contributed by atoms with Gasteiger partial charge in [-0.1, -0.05) is 24.3 Å². The number of benzene rings is 2. The predicted octanol–water partition coefficient (Wildman–Crippen LogP) is 3.25. The van der Waals surface area contributed by atoms with E-state index in [9.17, 15) is 9.59 Å². The van der Waals surface area contributed by atoms with Crippen LogP contribution in [0, 0.1) is 0 Å². The summed E-state index contributed by atoms with van der Waals surface area (Å²) in [7, 11) is 1.61. The van der Waals surface area contributed by atoms with Gasteiger partial charge in [-0.2, -0.15) is 0 Å². The Morgan fingerprint density at radius 3 is 2.57 bits per heavy atom. The third kappa shape index (κ3) is 3.19. The van der Waals surface area contributed by atoms with Gasteiger partial charge in [0.1, 0.15) is 23.6 Å². The average molecular weight is 380 g/mol. The van der Waals surface area contributed by atoms with Gasteiger partial charge in [0.2, 0.25) is 0 Å². The molecule has 1 saturated heterocycles. The van der Waals surface area contributed by atoms with Crippen molar-refractivity contribution in [3.05, 3.63) is 59.7 Å². The first-order valence-corrected chi connectivity index (χ1v) is 9.63. The summed E-state index contributed by atoms with van der Waals surface area (Å²) in [5.41, 5.74) is 1.14. The van der Waals surface area contributed by atoms with Crippen molar-refractivity contribution in [2.75, 3.05) is 20.3 Å². The first kappa shape index (κ1) is 18.3. The van der Waals surface area contributed by atoms with Gasteiger partial charge in [0.25, 0.3) is 5.91 Å². The lowest BCUT2D eigenvalue weighted by Gasteiger charge is -2.27. The molecule has 0 unspecified atom stereocenters. The number of fused-ring (bicyclic) bond motifs is 2. The molecule has 0 saturated carbocycles. The van der Waals surface area contributed by atoms with E-state index in [2.05, 4.69) is 11.4 Å². The zero-order chi connectivity index (χ0) is 19.6. The smallest absolute Gasteiger partial charge is 0.325 e. The standard InChI is InChI=1S/C22H24N2O4/c1-27-17-9-11-18(12-10-17)28-15-14-24-20(25)22(23-21(24)26)13-5-4-7-16-6-2-3-8-19(16)22/h2-3,6,8-12H,4-5,7,13-15H2,1H3,(H,23,26)/t22-/m1/s1. The lowest BCUT2D eigenvalue weighted by Crippen LogP contribution is -2.44. The zero-order valence-corrected chi connectivity index (χ0v) is 15.9. The van der Waals surface area contributed by atoms with Crippen molar-refractivity contribution in [3.63, 3.8) is 0 Å². The van der Waals surface area contributed by atoms with E-state index in [4.69, 9.17) is 9.47 Å². The van der Waals surface area contributed by atoms with Crippen molar-refractivity contribution in [3.8, 4) is 11.5 Å². The SMILES string of the molecule is COc1ccc(OCCN2C(=O)N[C@@]3(CCCCc4ccccc43)C2=O)cc1. The van der Waals surface area contributed by atoms with Crippen molar-refractivity contribution < 1.29 is 19.1 Å². The summed E-state index contributed by atoms with van der Waals surface area (Å²) in [6.07, 6.45) is 3.48. The van der Waals surface area contributed by atoms with Gasteiger partial charge in [-0.15, -0.1) is 0 Å². The minimum atomic E-state index is -0.940. The number of hydrogen-bond donors (Lipinski definition) is 1. The molecule has 1 atom stereocenters. The molecule has 6 heteroatoms. The van der Waals surface area contributed by atoms with Crippen LogP contribution in [0.25, 0.3) is 0 Å². The number of hydrogen-bond acceptors (Lipinski definition) is 4. The van der Waals surface area contributed by atoms with Gasteiger partial charge in [0.15, 0.2) is 0 Å². The maximum Gasteiger partial charge on any atom is 0.325 e. The Labute approximate surface area is 164 Å². The molecule has 1 spiro atoms. The highest BCUT2D eigenvalue weighted by atomic mass is 16.5. The van der Waals surface area contributed by atoms with Crippen molar-refractivity contribution in [1.82, 2.24) is 10.2 Å². The van der Waals surface area contributed by atoms with Crippen molar-refractivity contribution in [2.24, 2.45) is 0 Å². The molecular formula is C22H24N2O4. The van der Waals surface area contributed by atoms with Crippen molar-refractivity contribution in [1.29, 1.82) is 0 Å². The number of nitrogens with one attached hydrogen (secondary N) is 1. The topological polar surface area (TPSA) is 67.9 Å². The molecule has 0 bridgehead atoms. The average Bonchev–Trinajstić information content (AvgIpc) is 2.86. The van der Waals surface area contributed by atoms with Crippen LogP contribution in [0.5, 0.6) is 11.5 Å². The number of nitrogens with zero attached hydrogens (tertiary/aromatic N) is 1. The number of methoxy groups -OCH3 is 1. The summed E-state index contributed by atoms with van der Waals surface area (Å²) in [5, 5.41) is 2.99. The number of amides is 3. The molecule has 146 valence electrons. The second-order valence-electron chi connectivity index (χ2n) is 7.18. The fourth-order valence-corrected chi connectivity index (χ4v) is 4.10. The van der Waals surface area contributed by atoms with Crippen LogP contribution in [-0.4, -0.2) is 37.1 Å². The molecule has 2 aliphatic rings. The van der Waals surface area contributed by atoms with Gasteiger partial charge >= 0.3 is 6.03 Å². The molecule has 0 radical (unpaired) electrons. The molecule has 2 aromatic rings. The molecule has 1 N–H and O–H groups in total. The molecular weight excluding hydrogens is 356 g/mol. The maximum atomic E-state index is 13.3. The maximum absolute atomic E-state index is 13.3.